The summed E-state index contributed by atoms with van der Waals surface area (Å²) in [6, 6.07) is 27.3. The van der Waals surface area contributed by atoms with Crippen LogP contribution in [0.15, 0.2) is 97.1 Å². The number of Topliss-reactive ketones (excluding diaryl/α,β-unsaturated/α-hetero) is 1. The Morgan fingerprint density at radius 2 is 1.51 bits per heavy atom. The van der Waals surface area contributed by atoms with Crippen LogP contribution in [0.5, 0.6) is 0 Å². The van der Waals surface area contributed by atoms with Gasteiger partial charge in [-0.2, -0.15) is 0 Å². The number of ketones is 1. The number of hydrogen-bond donors (Lipinski definition) is 1. The quantitative estimate of drug-likeness (QED) is 0.253. The van der Waals surface area contributed by atoms with Gasteiger partial charge in [-0.3, -0.25) is 24.1 Å². The lowest BCUT2D eigenvalue weighted by Gasteiger charge is -2.33. The lowest BCUT2D eigenvalue weighted by Crippen LogP contribution is -2.46. The van der Waals surface area contributed by atoms with Gasteiger partial charge in [0.15, 0.2) is 0 Å². The van der Waals surface area contributed by atoms with Crippen LogP contribution < -0.4 is 15.1 Å². The molecule has 1 N–H and O–H groups in total. The Hall–Kier alpha value is -4.95. The second kappa shape index (κ2) is 12.5. The number of aryl methyl sites for hydroxylation is 1. The number of anilines is 3. The zero-order valence-corrected chi connectivity index (χ0v) is 24.8. The van der Waals surface area contributed by atoms with E-state index in [1.165, 1.54) is 9.80 Å². The first-order valence-corrected chi connectivity index (χ1v) is 14.1. The molecule has 1 aliphatic rings. The summed E-state index contributed by atoms with van der Waals surface area (Å²) in [6.45, 7) is 1.58. The van der Waals surface area contributed by atoms with Crippen LogP contribution in [-0.4, -0.2) is 49.0 Å². The molecule has 218 valence electrons. The summed E-state index contributed by atoms with van der Waals surface area (Å²) in [4.78, 5) is 58.5. The van der Waals surface area contributed by atoms with Crippen molar-refractivity contribution in [3.05, 3.63) is 124 Å². The normalized spacial score (nSPS) is 13.0. The monoisotopic (exact) mass is 594 g/mol. The smallest absolute Gasteiger partial charge is 0.299 e. The molecule has 1 atom stereocenters. The van der Waals surface area contributed by atoms with Crippen molar-refractivity contribution in [2.24, 2.45) is 0 Å². The molecule has 0 bridgehead atoms. The van der Waals surface area contributed by atoms with Crippen LogP contribution in [0.2, 0.25) is 5.02 Å². The van der Waals surface area contributed by atoms with Crippen LogP contribution in [0, 0.1) is 6.92 Å². The number of carbonyl (C=O) groups excluding carboxylic acids is 4. The third-order valence-corrected chi connectivity index (χ3v) is 7.62. The van der Waals surface area contributed by atoms with Crippen LogP contribution >= 0.6 is 11.6 Å². The first-order chi connectivity index (χ1) is 20.6. The highest BCUT2D eigenvalue weighted by atomic mass is 35.5. The molecule has 1 aliphatic heterocycles. The molecule has 1 unspecified atom stereocenters. The van der Waals surface area contributed by atoms with Gasteiger partial charge < -0.3 is 15.1 Å². The number of benzene rings is 4. The first kappa shape index (κ1) is 29.5. The average Bonchev–Trinajstić information content (AvgIpc) is 3.23. The number of nitrogens with zero attached hydrogens (tertiary/aromatic N) is 3. The Morgan fingerprint density at radius 3 is 2.16 bits per heavy atom. The zero-order valence-electron chi connectivity index (χ0n) is 24.1. The Morgan fingerprint density at radius 1 is 0.860 bits per heavy atom. The maximum absolute atomic E-state index is 14.2. The van der Waals surface area contributed by atoms with Gasteiger partial charge in [-0.05, 0) is 66.6 Å². The topological polar surface area (TPSA) is 90.0 Å². The van der Waals surface area contributed by atoms with Gasteiger partial charge in [0.25, 0.3) is 17.6 Å². The predicted octanol–water partition coefficient (Wildman–Crippen LogP) is 5.65. The van der Waals surface area contributed by atoms with E-state index in [4.69, 9.17) is 11.6 Å². The summed E-state index contributed by atoms with van der Waals surface area (Å²) in [5, 5.41) is 3.51. The molecule has 0 saturated heterocycles. The number of nitrogens with one attached hydrogen (secondary N) is 1. The number of hydrogen-bond acceptors (Lipinski definition) is 5. The van der Waals surface area contributed by atoms with Crippen LogP contribution in [0.25, 0.3) is 0 Å². The predicted molar refractivity (Wildman–Crippen MR) is 168 cm³/mol. The second-order valence-electron chi connectivity index (χ2n) is 10.6. The average molecular weight is 595 g/mol. The maximum atomic E-state index is 14.2. The third kappa shape index (κ3) is 6.44. The first-order valence-electron chi connectivity index (χ1n) is 13.8. The van der Waals surface area contributed by atoms with Crippen LogP contribution in [0.3, 0.4) is 0 Å². The number of amides is 3. The molecule has 43 heavy (non-hydrogen) atoms. The lowest BCUT2D eigenvalue weighted by atomic mass is 10.0. The van der Waals surface area contributed by atoms with Crippen molar-refractivity contribution in [1.82, 2.24) is 4.90 Å². The molecule has 0 aromatic heterocycles. The molecule has 9 heteroatoms. The maximum Gasteiger partial charge on any atom is 0.299 e. The number of halogens is 1. The Kier molecular flexibility index (Phi) is 8.59. The fraction of sp³-hybridized carbons (Fsp3) is 0.176. The fourth-order valence-electron chi connectivity index (χ4n) is 5.02. The van der Waals surface area contributed by atoms with Crippen molar-refractivity contribution in [2.45, 2.75) is 19.5 Å². The molecule has 0 spiro atoms. The number of rotatable bonds is 9. The summed E-state index contributed by atoms with van der Waals surface area (Å²) in [5.41, 5.74) is 4.49. The highest BCUT2D eigenvalue weighted by Crippen LogP contribution is 2.31. The zero-order chi connectivity index (χ0) is 30.7. The van der Waals surface area contributed by atoms with Crippen molar-refractivity contribution in [3.8, 4) is 0 Å². The summed E-state index contributed by atoms with van der Waals surface area (Å²) < 4.78 is 0. The third-order valence-electron chi connectivity index (χ3n) is 7.36. The molecule has 8 nitrogen and oxygen atoms in total. The molecule has 0 saturated carbocycles. The molecule has 4 aromatic carbocycles. The van der Waals surface area contributed by atoms with Crippen molar-refractivity contribution in [1.29, 1.82) is 0 Å². The number of para-hydroxylation sites is 1. The van der Waals surface area contributed by atoms with E-state index in [1.807, 2.05) is 62.3 Å². The number of fused-ring (bicyclic) bond motifs is 1. The molecule has 0 aliphatic carbocycles. The molecule has 4 aromatic rings. The van der Waals surface area contributed by atoms with Gasteiger partial charge in [0.05, 0.1) is 11.3 Å². The summed E-state index contributed by atoms with van der Waals surface area (Å²) in [5.74, 6) is -2.37. The summed E-state index contributed by atoms with van der Waals surface area (Å²) >= 11 is 6.12. The van der Waals surface area contributed by atoms with Crippen LogP contribution in [0.4, 0.5) is 17.1 Å². The highest BCUT2D eigenvalue weighted by molar-refractivity contribution is 6.52. The standard InChI is InChI=1S/C34H31ClN4O4/c1-22-8-12-24(13-9-22)31(33(42)36-26-16-18-27(19-17-26)37(2)3)39(20-23-10-14-25(35)15-11-23)30(40)21-38-29-7-5-4-6-28(29)32(41)34(38)43/h4-19,31H,20-21H2,1-3H3,(H,36,42). The van der Waals surface area contributed by atoms with Crippen molar-refractivity contribution in [2.75, 3.05) is 35.8 Å². The van der Waals surface area contributed by atoms with Gasteiger partial charge in [0.2, 0.25) is 5.91 Å². The Labute approximate surface area is 255 Å². The highest BCUT2D eigenvalue weighted by Gasteiger charge is 2.39. The van der Waals surface area contributed by atoms with Crippen LogP contribution in [0.1, 0.15) is 33.1 Å². The largest absolute Gasteiger partial charge is 0.378 e. The van der Waals surface area contributed by atoms with Gasteiger partial charge in [0.1, 0.15) is 12.6 Å². The SMILES string of the molecule is Cc1ccc(C(C(=O)Nc2ccc(N(C)C)cc2)N(Cc2ccc(Cl)cc2)C(=O)CN2C(=O)C(=O)c3ccccc32)cc1. The van der Waals surface area contributed by atoms with Gasteiger partial charge in [-0.25, -0.2) is 0 Å². The lowest BCUT2D eigenvalue weighted by molar-refractivity contribution is -0.139. The van der Waals surface area contributed by atoms with Crippen molar-refractivity contribution >= 4 is 52.2 Å². The van der Waals surface area contributed by atoms with Crippen molar-refractivity contribution in [3.63, 3.8) is 0 Å². The molecule has 5 rings (SSSR count). The van der Waals surface area contributed by atoms with E-state index in [-0.39, 0.29) is 12.1 Å². The Balaban J connectivity index is 1.53. The Bertz CT molecular complexity index is 1670. The molecule has 3 amide bonds. The molecular formula is C34H31ClN4O4. The molecule has 1 heterocycles. The minimum Gasteiger partial charge on any atom is -0.378 e. The van der Waals surface area contributed by atoms with E-state index < -0.39 is 36.1 Å². The van der Waals surface area contributed by atoms with E-state index in [9.17, 15) is 19.2 Å². The minimum atomic E-state index is -1.05. The van der Waals surface area contributed by atoms with Gasteiger partial charge in [-0.15, -0.1) is 0 Å². The summed E-state index contributed by atoms with van der Waals surface area (Å²) in [6.07, 6.45) is 0. The van der Waals surface area contributed by atoms with Gasteiger partial charge in [-0.1, -0.05) is 65.7 Å². The summed E-state index contributed by atoms with van der Waals surface area (Å²) in [7, 11) is 3.86. The minimum absolute atomic E-state index is 0.0547. The number of carbonyl (C=O) groups is 4. The van der Waals surface area contributed by atoms with E-state index in [2.05, 4.69) is 5.32 Å². The fourth-order valence-corrected chi connectivity index (χ4v) is 5.14. The molecule has 0 fully saturated rings. The van der Waals surface area contributed by atoms with E-state index in [0.29, 0.717) is 22.0 Å². The van der Waals surface area contributed by atoms with Crippen molar-refractivity contribution < 1.29 is 19.2 Å². The van der Waals surface area contributed by atoms with E-state index in [0.717, 1.165) is 16.8 Å². The second-order valence-corrected chi connectivity index (χ2v) is 11.1. The van der Waals surface area contributed by atoms with Gasteiger partial charge >= 0.3 is 0 Å². The molecule has 0 radical (unpaired) electrons. The van der Waals surface area contributed by atoms with Gasteiger partial charge in [0, 0.05) is 37.0 Å². The van der Waals surface area contributed by atoms with E-state index in [1.54, 1.807) is 60.7 Å². The van der Waals surface area contributed by atoms with Crippen LogP contribution in [-0.2, 0) is 20.9 Å². The molecular weight excluding hydrogens is 564 g/mol. The van der Waals surface area contributed by atoms with E-state index >= 15 is 0 Å².